The summed E-state index contributed by atoms with van der Waals surface area (Å²) in [7, 11) is 1.52. The number of methoxy groups -OCH3 is 1. The third kappa shape index (κ3) is 5.21. The van der Waals surface area contributed by atoms with Crippen LogP contribution in [-0.2, 0) is 9.59 Å². The van der Waals surface area contributed by atoms with E-state index in [0.29, 0.717) is 39.5 Å². The average molecular weight is 578 g/mol. The van der Waals surface area contributed by atoms with Gasteiger partial charge in [0, 0.05) is 0 Å². The van der Waals surface area contributed by atoms with Gasteiger partial charge in [0.1, 0.15) is 12.2 Å². The number of aryl methyl sites for hydroxylation is 2. The molecule has 188 valence electrons. The highest BCUT2D eigenvalue weighted by atomic mass is 79.9. The maximum atomic E-state index is 13.8. The van der Waals surface area contributed by atoms with Crippen molar-refractivity contribution in [3.05, 3.63) is 100 Å². The van der Waals surface area contributed by atoms with Gasteiger partial charge < -0.3 is 9.47 Å². The van der Waals surface area contributed by atoms with E-state index in [1.165, 1.54) is 16.9 Å². The molecular weight excluding hydrogens is 552 g/mol. The highest BCUT2D eigenvalue weighted by molar-refractivity contribution is 9.10. The molecule has 0 N–H and O–H groups in total. The summed E-state index contributed by atoms with van der Waals surface area (Å²) in [6.45, 7) is 7.92. The molecule has 0 atom stereocenters. The highest BCUT2D eigenvalue weighted by Crippen LogP contribution is 2.38. The van der Waals surface area contributed by atoms with E-state index in [1.54, 1.807) is 36.4 Å². The first-order valence-electron chi connectivity index (χ1n) is 11.4. The third-order valence-corrected chi connectivity index (χ3v) is 6.88. The first-order chi connectivity index (χ1) is 17.8. The molecule has 1 aliphatic rings. The Balaban J connectivity index is 1.86. The molecule has 0 aromatic heterocycles. The molecule has 0 bridgehead atoms. The minimum Gasteiger partial charge on any atom is -0.493 e. The van der Waals surface area contributed by atoms with Gasteiger partial charge in [-0.2, -0.15) is 0 Å². The van der Waals surface area contributed by atoms with Crippen LogP contribution in [0.25, 0.3) is 6.08 Å². The van der Waals surface area contributed by atoms with Crippen molar-refractivity contribution < 1.29 is 19.1 Å². The van der Waals surface area contributed by atoms with Crippen LogP contribution in [0.1, 0.15) is 16.7 Å². The van der Waals surface area contributed by atoms with Crippen LogP contribution < -0.4 is 19.3 Å². The van der Waals surface area contributed by atoms with Crippen molar-refractivity contribution in [3.63, 3.8) is 0 Å². The molecule has 37 heavy (non-hydrogen) atoms. The quantitative estimate of drug-likeness (QED) is 0.141. The zero-order valence-corrected chi connectivity index (χ0v) is 23.1. The van der Waals surface area contributed by atoms with Gasteiger partial charge in [0.2, 0.25) is 0 Å². The molecule has 0 radical (unpaired) electrons. The lowest BCUT2D eigenvalue weighted by atomic mass is 10.0. The van der Waals surface area contributed by atoms with Crippen molar-refractivity contribution in [1.82, 2.24) is 0 Å². The fraction of sp³-hybridized carbons (Fsp3) is 0.138. The Hall–Kier alpha value is -3.75. The second kappa shape index (κ2) is 11.1. The minimum atomic E-state index is -0.511. The van der Waals surface area contributed by atoms with E-state index in [-0.39, 0.29) is 10.7 Å². The Morgan fingerprint density at radius 1 is 0.946 bits per heavy atom. The molecule has 3 aromatic carbocycles. The normalized spacial score (nSPS) is 14.8. The number of anilines is 2. The Kier molecular flexibility index (Phi) is 7.90. The first kappa shape index (κ1) is 26.3. The van der Waals surface area contributed by atoms with Crippen molar-refractivity contribution in [2.24, 2.45) is 0 Å². The molecule has 8 heteroatoms. The third-order valence-electron chi connectivity index (χ3n) is 5.92. The number of amides is 2. The zero-order valence-electron chi connectivity index (χ0n) is 20.7. The van der Waals surface area contributed by atoms with Crippen LogP contribution in [-0.4, -0.2) is 30.6 Å². The molecule has 1 fully saturated rings. The van der Waals surface area contributed by atoms with Crippen molar-refractivity contribution in [1.29, 1.82) is 0 Å². The number of para-hydroxylation sites is 1. The number of thiocarbonyl (C=S) groups is 1. The van der Waals surface area contributed by atoms with Crippen LogP contribution in [0.5, 0.6) is 11.5 Å². The number of ether oxygens (including phenoxy) is 2. The van der Waals surface area contributed by atoms with E-state index in [2.05, 4.69) is 22.5 Å². The molecule has 0 saturated carbocycles. The van der Waals surface area contributed by atoms with E-state index >= 15 is 0 Å². The second-order valence-corrected chi connectivity index (χ2v) is 9.58. The standard InChI is InChI=1S/C29H25BrN2O4S/c1-5-13-36-26-24(30)16-20(17-25(26)35-4)15-23-27(33)31(21-9-7-6-8-10-21)29(37)32(28(23)34)22-12-11-18(2)19(3)14-22/h5-12,14-17H,1,13H2,2-4H3/b23-15+. The molecule has 2 amide bonds. The largest absolute Gasteiger partial charge is 0.493 e. The molecule has 0 aliphatic carbocycles. The molecule has 1 saturated heterocycles. The lowest BCUT2D eigenvalue weighted by Crippen LogP contribution is -2.57. The summed E-state index contributed by atoms with van der Waals surface area (Å²) in [6, 6.07) is 18.1. The Morgan fingerprint density at radius 3 is 2.24 bits per heavy atom. The predicted molar refractivity (Wildman–Crippen MR) is 154 cm³/mol. The van der Waals surface area contributed by atoms with Gasteiger partial charge in [-0.05, 0) is 101 Å². The van der Waals surface area contributed by atoms with E-state index < -0.39 is 11.8 Å². The molecule has 0 unspecified atom stereocenters. The number of carbonyl (C=O) groups is 2. The van der Waals surface area contributed by atoms with Gasteiger partial charge in [-0.1, -0.05) is 36.9 Å². The number of nitrogens with zero attached hydrogens (tertiary/aromatic N) is 2. The van der Waals surface area contributed by atoms with Gasteiger partial charge in [-0.25, -0.2) is 0 Å². The van der Waals surface area contributed by atoms with Crippen molar-refractivity contribution >= 4 is 62.5 Å². The van der Waals surface area contributed by atoms with Gasteiger partial charge in [-0.3, -0.25) is 19.4 Å². The first-order valence-corrected chi connectivity index (χ1v) is 12.6. The van der Waals surface area contributed by atoms with Gasteiger partial charge in [0.05, 0.1) is 23.0 Å². The lowest BCUT2D eigenvalue weighted by Gasteiger charge is -2.36. The van der Waals surface area contributed by atoms with Crippen LogP contribution in [0.2, 0.25) is 0 Å². The summed E-state index contributed by atoms with van der Waals surface area (Å²) in [5, 5.41) is 0.0912. The van der Waals surface area contributed by atoms with Crippen LogP contribution in [0.4, 0.5) is 11.4 Å². The van der Waals surface area contributed by atoms with E-state index in [0.717, 1.165) is 11.1 Å². The monoisotopic (exact) mass is 576 g/mol. The molecule has 1 heterocycles. The van der Waals surface area contributed by atoms with Crippen LogP contribution in [0.3, 0.4) is 0 Å². The minimum absolute atomic E-state index is 0.0376. The summed E-state index contributed by atoms with van der Waals surface area (Å²) in [4.78, 5) is 30.3. The predicted octanol–water partition coefficient (Wildman–Crippen LogP) is 6.39. The summed E-state index contributed by atoms with van der Waals surface area (Å²) in [5.41, 5.74) is 3.78. The fourth-order valence-corrected chi connectivity index (χ4v) is 4.85. The lowest BCUT2D eigenvalue weighted by molar-refractivity contribution is -0.120. The molecule has 1 aliphatic heterocycles. The van der Waals surface area contributed by atoms with Gasteiger partial charge in [0.25, 0.3) is 11.8 Å². The van der Waals surface area contributed by atoms with E-state index in [9.17, 15) is 9.59 Å². The number of hydrogen-bond donors (Lipinski definition) is 0. The van der Waals surface area contributed by atoms with Crippen LogP contribution >= 0.6 is 28.1 Å². The molecular formula is C29H25BrN2O4S. The van der Waals surface area contributed by atoms with Crippen molar-refractivity contribution in [3.8, 4) is 11.5 Å². The van der Waals surface area contributed by atoms with Crippen LogP contribution in [0, 0.1) is 13.8 Å². The van der Waals surface area contributed by atoms with Crippen molar-refractivity contribution in [2.45, 2.75) is 13.8 Å². The maximum absolute atomic E-state index is 13.8. The summed E-state index contributed by atoms with van der Waals surface area (Å²) >= 11 is 9.21. The molecule has 3 aromatic rings. The van der Waals surface area contributed by atoms with Gasteiger partial charge >= 0.3 is 0 Å². The molecule has 6 nitrogen and oxygen atoms in total. The SMILES string of the molecule is C=CCOc1c(Br)cc(/C=C2\C(=O)N(c3ccccc3)C(=S)N(c3ccc(C)c(C)c3)C2=O)cc1OC. The zero-order chi connectivity index (χ0) is 26.7. The number of rotatable bonds is 7. The Bertz CT molecular complexity index is 1440. The van der Waals surface area contributed by atoms with E-state index in [1.807, 2.05) is 50.2 Å². The fourth-order valence-electron chi connectivity index (χ4n) is 3.90. The second-order valence-electron chi connectivity index (χ2n) is 8.36. The maximum Gasteiger partial charge on any atom is 0.270 e. The number of hydrogen-bond acceptors (Lipinski definition) is 5. The number of halogens is 1. The van der Waals surface area contributed by atoms with Gasteiger partial charge in [0.15, 0.2) is 16.6 Å². The average Bonchev–Trinajstić information content (AvgIpc) is 2.88. The number of carbonyl (C=O) groups excluding carboxylic acids is 2. The Labute approximate surface area is 229 Å². The summed E-state index contributed by atoms with van der Waals surface area (Å²) in [5.74, 6) is -0.0780. The van der Waals surface area contributed by atoms with Crippen molar-refractivity contribution in [2.75, 3.05) is 23.5 Å². The summed E-state index contributed by atoms with van der Waals surface area (Å²) < 4.78 is 11.8. The number of benzene rings is 3. The Morgan fingerprint density at radius 2 is 1.62 bits per heavy atom. The highest BCUT2D eigenvalue weighted by Gasteiger charge is 2.41. The van der Waals surface area contributed by atoms with Gasteiger partial charge in [-0.15, -0.1) is 0 Å². The smallest absolute Gasteiger partial charge is 0.270 e. The molecule has 4 rings (SSSR count). The van der Waals surface area contributed by atoms with E-state index in [4.69, 9.17) is 21.7 Å². The summed E-state index contributed by atoms with van der Waals surface area (Å²) in [6.07, 6.45) is 3.17. The van der Waals surface area contributed by atoms with Crippen LogP contribution in [0.15, 0.2) is 83.4 Å². The molecule has 0 spiro atoms. The topological polar surface area (TPSA) is 59.1 Å².